The highest BCUT2D eigenvalue weighted by molar-refractivity contribution is 7.13. The van der Waals surface area contributed by atoms with Gasteiger partial charge in [0.1, 0.15) is 0 Å². The van der Waals surface area contributed by atoms with Crippen LogP contribution in [0.4, 0.5) is 5.13 Å². The molecule has 1 amide bonds. The molecule has 0 aliphatic rings. The molecule has 108 valence electrons. The Hall–Kier alpha value is -1.92. The molecule has 0 saturated heterocycles. The monoisotopic (exact) mass is 317 g/mol. The average Bonchev–Trinajstić information content (AvgIpc) is 3.19. The van der Waals surface area contributed by atoms with Crippen LogP contribution in [0.2, 0.25) is 0 Å². The molecule has 0 aromatic carbocycles. The van der Waals surface area contributed by atoms with Crippen molar-refractivity contribution in [3.8, 4) is 0 Å². The van der Waals surface area contributed by atoms with Crippen LogP contribution in [0.1, 0.15) is 23.0 Å². The summed E-state index contributed by atoms with van der Waals surface area (Å²) in [5.74, 6) is -0.0172. The first-order chi connectivity index (χ1) is 10.2. The molecule has 0 saturated carbocycles. The van der Waals surface area contributed by atoms with Gasteiger partial charge in [0.25, 0.3) is 0 Å². The fourth-order valence-electron chi connectivity index (χ4n) is 2.15. The van der Waals surface area contributed by atoms with E-state index in [1.165, 1.54) is 16.2 Å². The number of carbonyl (C=O) groups excluding carboxylic acids is 1. The number of nitrogens with one attached hydrogen (secondary N) is 1. The number of aromatic nitrogens is 2. The highest BCUT2D eigenvalue weighted by atomic mass is 32.1. The van der Waals surface area contributed by atoms with Crippen LogP contribution in [0.15, 0.2) is 47.4 Å². The number of amides is 1. The molecule has 21 heavy (non-hydrogen) atoms. The van der Waals surface area contributed by atoms with Crippen LogP contribution >= 0.6 is 22.7 Å². The third-order valence-electron chi connectivity index (χ3n) is 3.10. The van der Waals surface area contributed by atoms with Crippen molar-refractivity contribution in [3.05, 3.63) is 58.0 Å². The van der Waals surface area contributed by atoms with Crippen LogP contribution < -0.4 is 5.32 Å². The Kier molecular flexibility index (Phi) is 4.17. The van der Waals surface area contributed by atoms with Gasteiger partial charge in [-0.3, -0.25) is 4.79 Å². The maximum absolute atomic E-state index is 12.3. The van der Waals surface area contributed by atoms with E-state index in [1.807, 2.05) is 48.3 Å². The number of carbonyl (C=O) groups is 1. The molecule has 0 radical (unpaired) electrons. The minimum atomic E-state index is -0.0172. The standard InChI is InChI=1S/C15H15N3OS2/c1-11-10-21-15(16-11)17-14(19)9-12(13-5-4-8-20-13)18-6-2-3-7-18/h2-8,10,12H,9H2,1H3,(H,16,17,19). The van der Waals surface area contributed by atoms with Crippen molar-refractivity contribution >= 4 is 33.7 Å². The van der Waals surface area contributed by atoms with Crippen LogP contribution in [0.3, 0.4) is 0 Å². The normalized spacial score (nSPS) is 12.2. The number of thiophene rings is 1. The van der Waals surface area contributed by atoms with Gasteiger partial charge in [-0.15, -0.1) is 22.7 Å². The third-order valence-corrected chi connectivity index (χ3v) is 4.95. The van der Waals surface area contributed by atoms with Crippen molar-refractivity contribution in [2.24, 2.45) is 0 Å². The van der Waals surface area contributed by atoms with Crippen molar-refractivity contribution in [1.82, 2.24) is 9.55 Å². The second kappa shape index (κ2) is 6.24. The zero-order valence-corrected chi connectivity index (χ0v) is 13.2. The third kappa shape index (κ3) is 3.40. The first-order valence-electron chi connectivity index (χ1n) is 6.60. The lowest BCUT2D eigenvalue weighted by Gasteiger charge is -2.17. The molecular weight excluding hydrogens is 302 g/mol. The number of hydrogen-bond acceptors (Lipinski definition) is 4. The van der Waals surface area contributed by atoms with Crippen LogP contribution in [0, 0.1) is 6.92 Å². The van der Waals surface area contributed by atoms with E-state index in [0.717, 1.165) is 5.69 Å². The molecule has 1 unspecified atom stereocenters. The van der Waals surface area contributed by atoms with E-state index in [4.69, 9.17) is 0 Å². The molecule has 3 aromatic rings. The lowest BCUT2D eigenvalue weighted by molar-refractivity contribution is -0.116. The molecule has 4 nitrogen and oxygen atoms in total. The van der Waals surface area contributed by atoms with Crippen molar-refractivity contribution in [3.63, 3.8) is 0 Å². The zero-order chi connectivity index (χ0) is 14.7. The van der Waals surface area contributed by atoms with Crippen molar-refractivity contribution in [2.45, 2.75) is 19.4 Å². The van der Waals surface area contributed by atoms with E-state index in [9.17, 15) is 4.79 Å². The summed E-state index contributed by atoms with van der Waals surface area (Å²) in [4.78, 5) is 17.7. The largest absolute Gasteiger partial charge is 0.346 e. The van der Waals surface area contributed by atoms with E-state index in [1.54, 1.807) is 11.3 Å². The second-order valence-electron chi connectivity index (χ2n) is 4.71. The molecule has 1 N–H and O–H groups in total. The minimum Gasteiger partial charge on any atom is -0.346 e. The van der Waals surface area contributed by atoms with Crippen LogP contribution in [0.25, 0.3) is 0 Å². The second-order valence-corrected chi connectivity index (χ2v) is 6.55. The Morgan fingerprint density at radius 1 is 1.33 bits per heavy atom. The first-order valence-corrected chi connectivity index (χ1v) is 8.36. The quantitative estimate of drug-likeness (QED) is 0.775. The number of nitrogens with zero attached hydrogens (tertiary/aromatic N) is 2. The summed E-state index contributed by atoms with van der Waals surface area (Å²) in [6, 6.07) is 8.06. The number of anilines is 1. The Labute approximate surface area is 131 Å². The molecule has 0 bridgehead atoms. The number of thiazole rings is 1. The smallest absolute Gasteiger partial charge is 0.228 e. The fraction of sp³-hybridized carbons (Fsp3) is 0.200. The van der Waals surface area contributed by atoms with Gasteiger partial charge >= 0.3 is 0 Å². The van der Waals surface area contributed by atoms with Crippen molar-refractivity contribution in [1.29, 1.82) is 0 Å². The van der Waals surface area contributed by atoms with Gasteiger partial charge in [0.2, 0.25) is 5.91 Å². The first kappa shape index (κ1) is 14.0. The SMILES string of the molecule is Cc1csc(NC(=O)CC(c2cccs2)n2cccc2)n1. The van der Waals surface area contributed by atoms with Gasteiger partial charge in [-0.1, -0.05) is 6.07 Å². The van der Waals surface area contributed by atoms with Crippen molar-refractivity contribution in [2.75, 3.05) is 5.32 Å². The topological polar surface area (TPSA) is 46.9 Å². The van der Waals surface area contributed by atoms with Gasteiger partial charge < -0.3 is 9.88 Å². The predicted octanol–water partition coefficient (Wildman–Crippen LogP) is 3.93. The molecule has 6 heteroatoms. The van der Waals surface area contributed by atoms with Gasteiger partial charge in [0.15, 0.2) is 5.13 Å². The van der Waals surface area contributed by atoms with E-state index in [2.05, 4.69) is 20.9 Å². The highest BCUT2D eigenvalue weighted by Crippen LogP contribution is 2.27. The Morgan fingerprint density at radius 2 is 2.14 bits per heavy atom. The van der Waals surface area contributed by atoms with Crippen LogP contribution in [0.5, 0.6) is 0 Å². The van der Waals surface area contributed by atoms with Crippen molar-refractivity contribution < 1.29 is 4.79 Å². The molecule has 3 rings (SSSR count). The molecular formula is C15H15N3OS2. The Balaban J connectivity index is 1.74. The minimum absolute atomic E-state index is 0.0172. The van der Waals surface area contributed by atoms with Gasteiger partial charge in [-0.2, -0.15) is 0 Å². The summed E-state index contributed by atoms with van der Waals surface area (Å²) >= 11 is 3.12. The maximum Gasteiger partial charge on any atom is 0.228 e. The predicted molar refractivity (Wildman–Crippen MR) is 87.0 cm³/mol. The zero-order valence-electron chi connectivity index (χ0n) is 11.5. The summed E-state index contributed by atoms with van der Waals surface area (Å²) in [5.41, 5.74) is 0.926. The summed E-state index contributed by atoms with van der Waals surface area (Å²) in [6.45, 7) is 1.92. The number of rotatable bonds is 5. The molecule has 0 fully saturated rings. The van der Waals surface area contributed by atoms with Gasteiger partial charge in [0, 0.05) is 22.7 Å². The van der Waals surface area contributed by atoms with E-state index in [-0.39, 0.29) is 11.9 Å². The Bertz CT molecular complexity index is 667. The molecule has 0 spiro atoms. The van der Waals surface area contributed by atoms with Gasteiger partial charge in [-0.05, 0) is 30.5 Å². The number of aryl methyl sites for hydroxylation is 1. The lowest BCUT2D eigenvalue weighted by atomic mass is 10.1. The maximum atomic E-state index is 12.3. The van der Waals surface area contributed by atoms with Crippen LogP contribution in [-0.2, 0) is 4.79 Å². The van der Waals surface area contributed by atoms with E-state index >= 15 is 0 Å². The van der Waals surface area contributed by atoms with E-state index < -0.39 is 0 Å². The fourth-order valence-corrected chi connectivity index (χ4v) is 3.68. The summed E-state index contributed by atoms with van der Waals surface area (Å²) in [7, 11) is 0. The molecule has 3 heterocycles. The lowest BCUT2D eigenvalue weighted by Crippen LogP contribution is -2.18. The van der Waals surface area contributed by atoms with Crippen LogP contribution in [-0.4, -0.2) is 15.5 Å². The number of hydrogen-bond donors (Lipinski definition) is 1. The molecule has 0 aliphatic carbocycles. The summed E-state index contributed by atoms with van der Waals surface area (Å²) in [5, 5.41) is 7.50. The molecule has 0 aliphatic heterocycles. The van der Waals surface area contributed by atoms with E-state index in [0.29, 0.717) is 11.6 Å². The summed E-state index contributed by atoms with van der Waals surface area (Å²) in [6.07, 6.45) is 4.38. The average molecular weight is 317 g/mol. The summed E-state index contributed by atoms with van der Waals surface area (Å²) < 4.78 is 2.07. The highest BCUT2D eigenvalue weighted by Gasteiger charge is 2.18. The Morgan fingerprint density at radius 3 is 2.76 bits per heavy atom. The molecule has 1 atom stereocenters. The molecule has 3 aromatic heterocycles. The van der Waals surface area contributed by atoms with Gasteiger partial charge in [0.05, 0.1) is 18.2 Å². The van der Waals surface area contributed by atoms with Gasteiger partial charge in [-0.25, -0.2) is 4.98 Å².